The molecule has 7 nitrogen and oxygen atoms in total. The van der Waals surface area contributed by atoms with Crippen molar-refractivity contribution < 1.29 is 13.9 Å². The Morgan fingerprint density at radius 1 is 1.11 bits per heavy atom. The van der Waals surface area contributed by atoms with Crippen LogP contribution in [0, 0.1) is 12.8 Å². The van der Waals surface area contributed by atoms with Crippen LogP contribution in [0.15, 0.2) is 11.7 Å². The van der Waals surface area contributed by atoms with Crippen LogP contribution in [0.2, 0.25) is 0 Å². The fourth-order valence-electron chi connectivity index (χ4n) is 6.76. The molecular weight excluding hydrogens is 482 g/mol. The molecule has 1 aliphatic carbocycles. The van der Waals surface area contributed by atoms with Crippen LogP contribution in [-0.2, 0) is 0 Å². The van der Waals surface area contributed by atoms with Crippen LogP contribution in [0.25, 0.3) is 0 Å². The molecule has 0 aromatic carbocycles. The van der Waals surface area contributed by atoms with E-state index in [1.165, 1.54) is 12.8 Å². The van der Waals surface area contributed by atoms with Gasteiger partial charge in [0.15, 0.2) is 0 Å². The van der Waals surface area contributed by atoms with Crippen LogP contribution in [0.1, 0.15) is 106 Å². The van der Waals surface area contributed by atoms with Gasteiger partial charge in [-0.15, -0.1) is 21.5 Å². The Labute approximate surface area is 216 Å². The van der Waals surface area contributed by atoms with E-state index in [1.54, 1.807) is 11.3 Å². The van der Waals surface area contributed by atoms with Crippen molar-refractivity contribution in [3.05, 3.63) is 28.2 Å². The van der Waals surface area contributed by atoms with Gasteiger partial charge in [0.25, 0.3) is 0 Å². The Bertz CT molecular complexity index is 975. The van der Waals surface area contributed by atoms with Gasteiger partial charge in [-0.1, -0.05) is 13.8 Å². The van der Waals surface area contributed by atoms with E-state index in [4.69, 9.17) is 0 Å². The zero-order valence-electron chi connectivity index (χ0n) is 21.6. The van der Waals surface area contributed by atoms with E-state index in [0.29, 0.717) is 36.9 Å². The minimum atomic E-state index is -2.58. The molecule has 3 aliphatic rings. The van der Waals surface area contributed by atoms with Gasteiger partial charge in [-0.05, 0) is 57.8 Å². The van der Waals surface area contributed by atoms with Gasteiger partial charge < -0.3 is 9.67 Å². The van der Waals surface area contributed by atoms with Crippen molar-refractivity contribution in [3.63, 3.8) is 0 Å². The van der Waals surface area contributed by atoms with E-state index in [9.17, 15) is 13.9 Å². The third-order valence-corrected chi connectivity index (χ3v) is 9.57. The first kappa shape index (κ1) is 26.1. The highest BCUT2D eigenvalue weighted by Crippen LogP contribution is 2.43. The van der Waals surface area contributed by atoms with Crippen molar-refractivity contribution in [2.24, 2.45) is 5.92 Å². The topological polar surface area (TPSA) is 79.1 Å². The lowest BCUT2D eigenvalue weighted by atomic mass is 9.85. The number of aliphatic hydroxyl groups excluding tert-OH is 1. The number of aliphatic hydroxyl groups is 1. The van der Waals surface area contributed by atoms with Gasteiger partial charge in [0.2, 0.25) is 5.92 Å². The van der Waals surface area contributed by atoms with E-state index in [-0.39, 0.29) is 24.8 Å². The number of nitrogens with zero attached hydrogens (tertiary/aromatic N) is 5. The maximum Gasteiger partial charge on any atom is 0.248 e. The zero-order chi connectivity index (χ0) is 25.4. The lowest BCUT2D eigenvalue weighted by molar-refractivity contribution is -0.0684. The molecule has 2 saturated heterocycles. The van der Waals surface area contributed by atoms with Crippen molar-refractivity contribution in [2.75, 3.05) is 6.54 Å². The minimum absolute atomic E-state index is 0.0281. The SMILES string of the molecule is Cc1nnc(C(C)C)n1C1CC2CCC(C1)N2CC[C@H](NC(O)C1CCC(F)(F)CC1)c1cncs1. The second kappa shape index (κ2) is 10.7. The van der Waals surface area contributed by atoms with Gasteiger partial charge in [0.1, 0.15) is 17.9 Å². The molecule has 2 N–H and O–H groups in total. The van der Waals surface area contributed by atoms with Gasteiger partial charge in [0.05, 0.1) is 5.51 Å². The quantitative estimate of drug-likeness (QED) is 0.441. The predicted molar refractivity (Wildman–Crippen MR) is 136 cm³/mol. The highest BCUT2D eigenvalue weighted by atomic mass is 32.1. The first-order chi connectivity index (χ1) is 17.2. The second-order valence-electron chi connectivity index (χ2n) is 11.4. The van der Waals surface area contributed by atoms with Crippen LogP contribution in [0.5, 0.6) is 0 Å². The molecule has 0 spiro atoms. The molecule has 2 aromatic rings. The van der Waals surface area contributed by atoms with Crippen molar-refractivity contribution in [2.45, 2.75) is 121 Å². The Morgan fingerprint density at radius 2 is 1.81 bits per heavy atom. The molecule has 2 bridgehead atoms. The molecule has 4 atom stereocenters. The molecule has 3 fully saturated rings. The summed E-state index contributed by atoms with van der Waals surface area (Å²) in [6, 6.07) is 1.51. The Balaban J connectivity index is 1.22. The number of thiazole rings is 1. The van der Waals surface area contributed by atoms with Crippen molar-refractivity contribution in [1.82, 2.24) is 30.0 Å². The highest BCUT2D eigenvalue weighted by molar-refractivity contribution is 7.09. The van der Waals surface area contributed by atoms with Crippen LogP contribution < -0.4 is 5.32 Å². The molecule has 2 aliphatic heterocycles. The number of rotatable bonds is 9. The number of nitrogens with one attached hydrogen (secondary N) is 1. The zero-order valence-corrected chi connectivity index (χ0v) is 22.4. The average molecular weight is 523 g/mol. The fraction of sp³-hybridized carbons (Fsp3) is 0.808. The smallest absolute Gasteiger partial charge is 0.248 e. The van der Waals surface area contributed by atoms with Crippen LogP contribution in [-0.4, -0.2) is 60.5 Å². The Hall–Kier alpha value is -1.49. The maximum atomic E-state index is 13.6. The minimum Gasteiger partial charge on any atom is -0.378 e. The molecule has 200 valence electrons. The standard InChI is InChI=1S/C26H40F2N6OS/c1-16(2)24-32-31-17(3)34(24)21-12-19-4-5-20(13-21)33(19)11-8-22(23-14-29-15-36-23)30-25(35)18-6-9-26(27,28)10-7-18/h14-16,18-22,25,30,35H,4-13H2,1-3H3/t19?,20?,21?,22-,25?/m0/s1. The molecule has 3 unspecified atom stereocenters. The molecule has 10 heteroatoms. The number of piperidine rings is 1. The van der Waals surface area contributed by atoms with E-state index in [2.05, 4.69) is 50.7 Å². The van der Waals surface area contributed by atoms with E-state index in [0.717, 1.165) is 42.3 Å². The average Bonchev–Trinajstić information content (AvgIpc) is 3.55. The Morgan fingerprint density at radius 3 is 2.42 bits per heavy atom. The summed E-state index contributed by atoms with van der Waals surface area (Å²) < 4.78 is 29.6. The summed E-state index contributed by atoms with van der Waals surface area (Å²) in [5.74, 6) is -0.251. The molecule has 5 rings (SSSR count). The number of aryl methyl sites for hydroxylation is 1. The van der Waals surface area contributed by atoms with Gasteiger partial charge in [0, 0.05) is 60.5 Å². The predicted octanol–water partition coefficient (Wildman–Crippen LogP) is 5.20. The first-order valence-corrected chi connectivity index (χ1v) is 14.5. The summed E-state index contributed by atoms with van der Waals surface area (Å²) >= 11 is 1.59. The van der Waals surface area contributed by atoms with Gasteiger partial charge in [-0.25, -0.2) is 8.78 Å². The Kier molecular flexibility index (Phi) is 7.77. The third kappa shape index (κ3) is 5.51. The van der Waals surface area contributed by atoms with Crippen LogP contribution in [0.3, 0.4) is 0 Å². The van der Waals surface area contributed by atoms with E-state index < -0.39 is 12.2 Å². The van der Waals surface area contributed by atoms with Gasteiger partial charge >= 0.3 is 0 Å². The third-order valence-electron chi connectivity index (χ3n) is 8.68. The highest BCUT2D eigenvalue weighted by Gasteiger charge is 2.42. The van der Waals surface area contributed by atoms with Crippen molar-refractivity contribution in [3.8, 4) is 0 Å². The molecule has 0 radical (unpaired) electrons. The number of fused-ring (bicyclic) bond motifs is 2. The van der Waals surface area contributed by atoms with Gasteiger partial charge in [-0.3, -0.25) is 15.2 Å². The summed E-state index contributed by atoms with van der Waals surface area (Å²) in [5.41, 5.74) is 1.82. The fourth-order valence-corrected chi connectivity index (χ4v) is 7.47. The van der Waals surface area contributed by atoms with E-state index in [1.807, 2.05) is 11.7 Å². The van der Waals surface area contributed by atoms with Crippen LogP contribution >= 0.6 is 11.3 Å². The number of hydrogen-bond acceptors (Lipinski definition) is 7. The number of halogens is 2. The summed E-state index contributed by atoms with van der Waals surface area (Å²) in [4.78, 5) is 8.03. The molecule has 0 amide bonds. The lowest BCUT2D eigenvalue weighted by Gasteiger charge is -2.41. The number of alkyl halides is 2. The normalized spacial score (nSPS) is 28.6. The first-order valence-electron chi connectivity index (χ1n) is 13.6. The van der Waals surface area contributed by atoms with Crippen molar-refractivity contribution >= 4 is 11.3 Å². The summed E-state index contributed by atoms with van der Waals surface area (Å²) in [6.07, 6.45) is 7.07. The van der Waals surface area contributed by atoms with Gasteiger partial charge in [-0.2, -0.15) is 0 Å². The molecule has 4 heterocycles. The lowest BCUT2D eigenvalue weighted by Crippen LogP contribution is -2.46. The molecule has 2 aromatic heterocycles. The summed E-state index contributed by atoms with van der Waals surface area (Å²) in [5, 5.41) is 23.2. The van der Waals surface area contributed by atoms with E-state index >= 15 is 0 Å². The maximum absolute atomic E-state index is 13.6. The second-order valence-corrected chi connectivity index (χ2v) is 12.3. The molecular formula is C26H40F2N6OS. The molecule has 1 saturated carbocycles. The largest absolute Gasteiger partial charge is 0.378 e. The summed E-state index contributed by atoms with van der Waals surface area (Å²) in [7, 11) is 0. The number of aromatic nitrogens is 4. The molecule has 36 heavy (non-hydrogen) atoms. The summed E-state index contributed by atoms with van der Waals surface area (Å²) in [6.45, 7) is 7.38. The monoisotopic (exact) mass is 522 g/mol. The van der Waals surface area contributed by atoms with Crippen LogP contribution in [0.4, 0.5) is 8.78 Å². The van der Waals surface area contributed by atoms with Crippen molar-refractivity contribution in [1.29, 1.82) is 0 Å². The number of hydrogen-bond donors (Lipinski definition) is 2.